The highest BCUT2D eigenvalue weighted by atomic mass is 32.1. The minimum Gasteiger partial charge on any atom is -0.490 e. The van der Waals surface area contributed by atoms with Crippen LogP contribution in [0.4, 0.5) is 0 Å². The van der Waals surface area contributed by atoms with Crippen molar-refractivity contribution in [2.75, 3.05) is 20.2 Å². The fourth-order valence-electron chi connectivity index (χ4n) is 3.10. The van der Waals surface area contributed by atoms with Crippen molar-refractivity contribution in [3.8, 4) is 11.5 Å². The van der Waals surface area contributed by atoms with E-state index in [0.29, 0.717) is 42.1 Å². The maximum atomic E-state index is 12.6. The molecule has 2 aromatic rings. The maximum Gasteiger partial charge on any atom is 0.276 e. The lowest BCUT2D eigenvalue weighted by Crippen LogP contribution is -2.30. The molecule has 1 fully saturated rings. The molecule has 1 aliphatic rings. The van der Waals surface area contributed by atoms with E-state index < -0.39 is 0 Å². The van der Waals surface area contributed by atoms with Gasteiger partial charge >= 0.3 is 0 Å². The highest BCUT2D eigenvalue weighted by Gasteiger charge is 2.34. The van der Waals surface area contributed by atoms with Crippen LogP contribution in [0.15, 0.2) is 48.2 Å². The average Bonchev–Trinajstić information content (AvgIpc) is 2.91. The van der Waals surface area contributed by atoms with Crippen LogP contribution in [0.1, 0.15) is 30.5 Å². The summed E-state index contributed by atoms with van der Waals surface area (Å²) in [4.78, 5) is 15.9. The van der Waals surface area contributed by atoms with Crippen LogP contribution in [-0.2, 0) is 11.4 Å². The summed E-state index contributed by atoms with van der Waals surface area (Å²) in [7, 11) is 1.81. The Balaban J connectivity index is 1.83. The van der Waals surface area contributed by atoms with Gasteiger partial charge in [-0.15, -0.1) is 0 Å². The predicted octanol–water partition coefficient (Wildman–Crippen LogP) is 4.39. The summed E-state index contributed by atoms with van der Waals surface area (Å²) < 4.78 is 11.8. The van der Waals surface area contributed by atoms with Crippen LogP contribution < -0.4 is 9.47 Å². The summed E-state index contributed by atoms with van der Waals surface area (Å²) in [6.45, 7) is 7.43. The van der Waals surface area contributed by atoms with Crippen molar-refractivity contribution in [1.82, 2.24) is 9.80 Å². The van der Waals surface area contributed by atoms with Crippen molar-refractivity contribution < 1.29 is 14.3 Å². The first-order valence-corrected chi connectivity index (χ1v) is 10.1. The van der Waals surface area contributed by atoms with Gasteiger partial charge in [0.05, 0.1) is 6.61 Å². The number of carbonyl (C=O) groups is 1. The Hall–Kier alpha value is -2.86. The van der Waals surface area contributed by atoms with Crippen LogP contribution in [0, 0.1) is 6.92 Å². The molecule has 0 spiro atoms. The first-order chi connectivity index (χ1) is 13.9. The third-order valence-electron chi connectivity index (χ3n) is 4.75. The molecule has 3 rings (SSSR count). The summed E-state index contributed by atoms with van der Waals surface area (Å²) in [5, 5.41) is 0.520. The molecule has 0 radical (unpaired) electrons. The number of carbonyl (C=O) groups excluding carboxylic acids is 1. The molecule has 1 saturated heterocycles. The Kier molecular flexibility index (Phi) is 6.54. The molecule has 5 nitrogen and oxygen atoms in total. The van der Waals surface area contributed by atoms with Gasteiger partial charge in [0, 0.05) is 13.6 Å². The Morgan fingerprint density at radius 2 is 1.76 bits per heavy atom. The molecule has 2 aromatic carbocycles. The lowest BCUT2D eigenvalue weighted by Gasteiger charge is -2.14. The van der Waals surface area contributed by atoms with Gasteiger partial charge in [-0.3, -0.25) is 9.69 Å². The van der Waals surface area contributed by atoms with Crippen LogP contribution in [0.5, 0.6) is 11.5 Å². The molecule has 152 valence electrons. The van der Waals surface area contributed by atoms with Crippen molar-refractivity contribution in [1.29, 1.82) is 0 Å². The minimum atomic E-state index is -0.0855. The van der Waals surface area contributed by atoms with E-state index in [2.05, 4.69) is 31.2 Å². The molecule has 0 unspecified atom stereocenters. The average molecular weight is 411 g/mol. The third kappa shape index (κ3) is 4.59. The van der Waals surface area contributed by atoms with E-state index in [1.54, 1.807) is 9.80 Å². The van der Waals surface area contributed by atoms with Crippen molar-refractivity contribution >= 4 is 29.3 Å². The predicted molar refractivity (Wildman–Crippen MR) is 119 cm³/mol. The lowest BCUT2D eigenvalue weighted by atomic mass is 10.1. The number of likely N-dealkylation sites (N-methyl/N-ethyl adjacent to an activating group) is 2. The van der Waals surface area contributed by atoms with Crippen LogP contribution in [0.3, 0.4) is 0 Å². The second-order valence-corrected chi connectivity index (χ2v) is 7.20. The van der Waals surface area contributed by atoms with Gasteiger partial charge in [-0.05, 0) is 62.3 Å². The fraction of sp³-hybridized carbons (Fsp3) is 0.304. The summed E-state index contributed by atoms with van der Waals surface area (Å²) in [6, 6.07) is 13.9. The number of benzene rings is 2. The number of ether oxygens (including phenoxy) is 2. The van der Waals surface area contributed by atoms with Crippen LogP contribution in [0.2, 0.25) is 0 Å². The number of thiocarbonyl (C=S) groups is 1. The summed E-state index contributed by atoms with van der Waals surface area (Å²) >= 11 is 5.36. The first kappa shape index (κ1) is 20.9. The molecule has 1 amide bonds. The number of amides is 1. The van der Waals surface area contributed by atoms with Gasteiger partial charge in [0.1, 0.15) is 12.3 Å². The zero-order valence-corrected chi connectivity index (χ0v) is 18.1. The van der Waals surface area contributed by atoms with E-state index in [0.717, 1.165) is 11.1 Å². The zero-order valence-electron chi connectivity index (χ0n) is 17.3. The van der Waals surface area contributed by atoms with Gasteiger partial charge in [0.2, 0.25) is 0 Å². The Bertz CT molecular complexity index is 938. The van der Waals surface area contributed by atoms with Crippen LogP contribution >= 0.6 is 12.2 Å². The van der Waals surface area contributed by atoms with Gasteiger partial charge in [-0.1, -0.05) is 35.9 Å². The topological polar surface area (TPSA) is 42.0 Å². The van der Waals surface area contributed by atoms with Crippen molar-refractivity contribution in [3.63, 3.8) is 0 Å². The highest BCUT2D eigenvalue weighted by Crippen LogP contribution is 2.31. The summed E-state index contributed by atoms with van der Waals surface area (Å²) in [5.41, 5.74) is 3.71. The highest BCUT2D eigenvalue weighted by molar-refractivity contribution is 7.80. The van der Waals surface area contributed by atoms with Gasteiger partial charge in [-0.2, -0.15) is 0 Å². The minimum absolute atomic E-state index is 0.0855. The number of hydrogen-bond acceptors (Lipinski definition) is 4. The Morgan fingerprint density at radius 1 is 1.03 bits per heavy atom. The second-order valence-electron chi connectivity index (χ2n) is 6.83. The monoisotopic (exact) mass is 410 g/mol. The van der Waals surface area contributed by atoms with Crippen LogP contribution in [0.25, 0.3) is 6.08 Å². The normalized spacial score (nSPS) is 15.4. The largest absolute Gasteiger partial charge is 0.490 e. The lowest BCUT2D eigenvalue weighted by molar-refractivity contribution is -0.122. The van der Waals surface area contributed by atoms with Gasteiger partial charge in [0.15, 0.2) is 16.6 Å². The van der Waals surface area contributed by atoms with Crippen molar-refractivity contribution in [2.45, 2.75) is 27.4 Å². The Morgan fingerprint density at radius 3 is 2.38 bits per heavy atom. The van der Waals surface area contributed by atoms with E-state index in [1.807, 2.05) is 45.2 Å². The van der Waals surface area contributed by atoms with E-state index in [-0.39, 0.29) is 5.91 Å². The second kappa shape index (κ2) is 9.09. The molecule has 0 saturated carbocycles. The number of nitrogens with zero attached hydrogens (tertiary/aromatic N) is 2. The van der Waals surface area contributed by atoms with E-state index >= 15 is 0 Å². The Labute approximate surface area is 177 Å². The molecule has 29 heavy (non-hydrogen) atoms. The van der Waals surface area contributed by atoms with Crippen molar-refractivity contribution in [2.24, 2.45) is 0 Å². The fourth-order valence-corrected chi connectivity index (χ4v) is 3.41. The molecule has 6 heteroatoms. The number of aryl methyl sites for hydroxylation is 1. The zero-order chi connectivity index (χ0) is 21.0. The molecule has 1 heterocycles. The van der Waals surface area contributed by atoms with Crippen molar-refractivity contribution in [3.05, 3.63) is 64.9 Å². The standard InChI is InChI=1S/C23H26N2O3S/c1-5-25-22(26)19(24(4)23(25)29)13-18-11-12-20(21(14-18)27-6-2)28-15-17-9-7-16(3)8-10-17/h7-14H,5-6,15H2,1-4H3/b19-13-. The molecule has 0 atom stereocenters. The van der Waals surface area contributed by atoms with Gasteiger partial charge in [-0.25, -0.2) is 0 Å². The molecule has 0 bridgehead atoms. The SMILES string of the molecule is CCOc1cc(/C=C2/C(=O)N(CC)C(=S)N2C)ccc1OCc1ccc(C)cc1. The number of hydrogen-bond donors (Lipinski definition) is 0. The van der Waals surface area contributed by atoms with E-state index in [1.165, 1.54) is 5.56 Å². The maximum absolute atomic E-state index is 12.6. The quantitative estimate of drug-likeness (QED) is 0.500. The summed E-state index contributed by atoms with van der Waals surface area (Å²) in [5.74, 6) is 1.24. The molecule has 0 N–H and O–H groups in total. The first-order valence-electron chi connectivity index (χ1n) is 9.71. The smallest absolute Gasteiger partial charge is 0.276 e. The molecule has 1 aliphatic heterocycles. The number of rotatable bonds is 7. The molecule has 0 aliphatic carbocycles. The van der Waals surface area contributed by atoms with Crippen LogP contribution in [-0.4, -0.2) is 41.0 Å². The summed E-state index contributed by atoms with van der Waals surface area (Å²) in [6.07, 6.45) is 1.83. The molecular weight excluding hydrogens is 384 g/mol. The van der Waals surface area contributed by atoms with Gasteiger partial charge < -0.3 is 14.4 Å². The molecule has 0 aromatic heterocycles. The van der Waals surface area contributed by atoms with Gasteiger partial charge in [0.25, 0.3) is 5.91 Å². The molecular formula is C23H26N2O3S. The van der Waals surface area contributed by atoms with E-state index in [9.17, 15) is 4.79 Å². The third-order valence-corrected chi connectivity index (χ3v) is 5.24. The van der Waals surface area contributed by atoms with E-state index in [4.69, 9.17) is 21.7 Å².